The molecular weight excluding hydrogens is 308 g/mol. The van der Waals surface area contributed by atoms with Crippen molar-refractivity contribution in [1.29, 1.82) is 0 Å². The minimum atomic E-state index is -0.102. The maximum atomic E-state index is 11.6. The van der Waals surface area contributed by atoms with Crippen LogP contribution in [0, 0.1) is 5.92 Å². The second-order valence-electron chi connectivity index (χ2n) is 5.49. The Morgan fingerprint density at radius 1 is 1.04 bits per heavy atom. The Kier molecular flexibility index (Phi) is 5.95. The van der Waals surface area contributed by atoms with Crippen LogP contribution in [0.3, 0.4) is 0 Å². The number of nitrogens with one attached hydrogen (secondary N) is 2. The van der Waals surface area contributed by atoms with Gasteiger partial charge in [0.1, 0.15) is 5.82 Å². The van der Waals surface area contributed by atoms with Gasteiger partial charge >= 0.3 is 0 Å². The van der Waals surface area contributed by atoms with E-state index in [9.17, 15) is 4.79 Å². The standard InChI is InChI=1S/C17H22N4O3/c1-11(2)17(22)19-16-8-7-15(20-21-16)18-10-12-5-6-13(23-3)14(9-12)24-4/h5-9,11H,10H2,1-4H3,(H,18,20)(H,19,21,22). The summed E-state index contributed by atoms with van der Waals surface area (Å²) in [5.74, 6) is 2.23. The highest BCUT2D eigenvalue weighted by Crippen LogP contribution is 2.27. The number of rotatable bonds is 7. The van der Waals surface area contributed by atoms with Crippen molar-refractivity contribution in [2.75, 3.05) is 24.9 Å². The van der Waals surface area contributed by atoms with Crippen LogP contribution >= 0.6 is 0 Å². The molecule has 0 saturated carbocycles. The predicted molar refractivity (Wildman–Crippen MR) is 92.4 cm³/mol. The van der Waals surface area contributed by atoms with E-state index in [1.54, 1.807) is 26.4 Å². The molecule has 24 heavy (non-hydrogen) atoms. The lowest BCUT2D eigenvalue weighted by atomic mass is 10.2. The number of aromatic nitrogens is 2. The maximum Gasteiger partial charge on any atom is 0.228 e. The number of hydrogen-bond donors (Lipinski definition) is 2. The van der Waals surface area contributed by atoms with Gasteiger partial charge in [-0.2, -0.15) is 0 Å². The van der Waals surface area contributed by atoms with E-state index in [1.165, 1.54) is 0 Å². The summed E-state index contributed by atoms with van der Waals surface area (Å²) >= 11 is 0. The number of methoxy groups -OCH3 is 2. The van der Waals surface area contributed by atoms with E-state index in [1.807, 2.05) is 32.0 Å². The Morgan fingerprint density at radius 3 is 2.29 bits per heavy atom. The van der Waals surface area contributed by atoms with E-state index < -0.39 is 0 Å². The average molecular weight is 330 g/mol. The third-order valence-electron chi connectivity index (χ3n) is 3.36. The van der Waals surface area contributed by atoms with Crippen molar-refractivity contribution in [3.05, 3.63) is 35.9 Å². The van der Waals surface area contributed by atoms with Crippen molar-refractivity contribution in [1.82, 2.24) is 10.2 Å². The third-order valence-corrected chi connectivity index (χ3v) is 3.36. The summed E-state index contributed by atoms with van der Waals surface area (Å²) < 4.78 is 10.5. The molecule has 7 heteroatoms. The molecule has 0 fully saturated rings. The SMILES string of the molecule is COc1ccc(CNc2ccc(NC(=O)C(C)C)nn2)cc1OC. The molecule has 0 aliphatic rings. The summed E-state index contributed by atoms with van der Waals surface area (Å²) in [7, 11) is 3.20. The van der Waals surface area contributed by atoms with Crippen LogP contribution in [-0.2, 0) is 11.3 Å². The molecule has 7 nitrogen and oxygen atoms in total. The van der Waals surface area contributed by atoms with Gasteiger partial charge in [-0.05, 0) is 29.8 Å². The highest BCUT2D eigenvalue weighted by atomic mass is 16.5. The number of ether oxygens (including phenoxy) is 2. The molecule has 0 aliphatic carbocycles. The molecule has 1 aromatic carbocycles. The van der Waals surface area contributed by atoms with Crippen molar-refractivity contribution in [2.24, 2.45) is 5.92 Å². The van der Waals surface area contributed by atoms with Gasteiger partial charge in [0.2, 0.25) is 5.91 Å². The topological polar surface area (TPSA) is 85.4 Å². The number of benzene rings is 1. The number of anilines is 2. The minimum Gasteiger partial charge on any atom is -0.493 e. The van der Waals surface area contributed by atoms with Gasteiger partial charge in [0.15, 0.2) is 17.3 Å². The van der Waals surface area contributed by atoms with Crippen molar-refractivity contribution in [2.45, 2.75) is 20.4 Å². The number of hydrogen-bond acceptors (Lipinski definition) is 6. The van der Waals surface area contributed by atoms with Gasteiger partial charge in [-0.25, -0.2) is 0 Å². The Labute approximate surface area is 141 Å². The summed E-state index contributed by atoms with van der Waals surface area (Å²) in [5, 5.41) is 13.9. The fourth-order valence-corrected chi connectivity index (χ4v) is 1.95. The number of nitrogens with zero attached hydrogens (tertiary/aromatic N) is 2. The smallest absolute Gasteiger partial charge is 0.228 e. The number of carbonyl (C=O) groups is 1. The minimum absolute atomic E-state index is 0.0877. The average Bonchev–Trinajstić information content (AvgIpc) is 2.60. The molecule has 0 radical (unpaired) electrons. The van der Waals surface area contributed by atoms with Crippen molar-refractivity contribution in [3.8, 4) is 11.5 Å². The van der Waals surface area contributed by atoms with Crippen LogP contribution in [0.4, 0.5) is 11.6 Å². The van der Waals surface area contributed by atoms with Crippen LogP contribution in [0.15, 0.2) is 30.3 Å². The summed E-state index contributed by atoms with van der Waals surface area (Å²) in [4.78, 5) is 11.6. The van der Waals surface area contributed by atoms with Gasteiger partial charge in [-0.15, -0.1) is 10.2 Å². The van der Waals surface area contributed by atoms with E-state index in [2.05, 4.69) is 20.8 Å². The molecule has 2 rings (SSSR count). The Morgan fingerprint density at radius 2 is 1.71 bits per heavy atom. The summed E-state index contributed by atoms with van der Waals surface area (Å²) in [6.07, 6.45) is 0. The van der Waals surface area contributed by atoms with Crippen LogP contribution in [0.25, 0.3) is 0 Å². The van der Waals surface area contributed by atoms with Crippen LogP contribution in [0.5, 0.6) is 11.5 Å². The van der Waals surface area contributed by atoms with Gasteiger partial charge in [0.05, 0.1) is 14.2 Å². The van der Waals surface area contributed by atoms with Crippen LogP contribution in [0.2, 0.25) is 0 Å². The fraction of sp³-hybridized carbons (Fsp3) is 0.353. The van der Waals surface area contributed by atoms with Gasteiger partial charge < -0.3 is 20.1 Å². The van der Waals surface area contributed by atoms with Gasteiger partial charge in [-0.1, -0.05) is 19.9 Å². The highest BCUT2D eigenvalue weighted by Gasteiger charge is 2.08. The van der Waals surface area contributed by atoms with Gasteiger partial charge in [0, 0.05) is 12.5 Å². The Bertz CT molecular complexity index is 687. The zero-order chi connectivity index (χ0) is 17.5. The second-order valence-corrected chi connectivity index (χ2v) is 5.49. The molecule has 1 amide bonds. The molecule has 0 atom stereocenters. The molecule has 1 aromatic heterocycles. The molecular formula is C17H22N4O3. The molecule has 2 N–H and O–H groups in total. The quantitative estimate of drug-likeness (QED) is 0.812. The Balaban J connectivity index is 1.96. The first-order valence-corrected chi connectivity index (χ1v) is 7.63. The highest BCUT2D eigenvalue weighted by molar-refractivity contribution is 5.91. The monoisotopic (exact) mass is 330 g/mol. The first-order valence-electron chi connectivity index (χ1n) is 7.63. The Hall–Kier alpha value is -2.83. The van der Waals surface area contributed by atoms with Gasteiger partial charge in [0.25, 0.3) is 0 Å². The zero-order valence-electron chi connectivity index (χ0n) is 14.3. The molecule has 1 heterocycles. The van der Waals surface area contributed by atoms with Crippen molar-refractivity contribution < 1.29 is 14.3 Å². The maximum absolute atomic E-state index is 11.6. The lowest BCUT2D eigenvalue weighted by Crippen LogP contribution is -2.18. The van der Waals surface area contributed by atoms with Crippen LogP contribution in [-0.4, -0.2) is 30.3 Å². The molecule has 0 spiro atoms. The summed E-state index contributed by atoms with van der Waals surface area (Å²) in [6, 6.07) is 9.18. The number of carbonyl (C=O) groups excluding carboxylic acids is 1. The predicted octanol–water partition coefficient (Wildman–Crippen LogP) is 2.70. The van der Waals surface area contributed by atoms with E-state index >= 15 is 0 Å². The normalized spacial score (nSPS) is 10.4. The fourth-order valence-electron chi connectivity index (χ4n) is 1.95. The first-order chi connectivity index (χ1) is 11.5. The van der Waals surface area contributed by atoms with Crippen molar-refractivity contribution in [3.63, 3.8) is 0 Å². The van der Waals surface area contributed by atoms with E-state index in [0.29, 0.717) is 29.7 Å². The second kappa shape index (κ2) is 8.14. The lowest BCUT2D eigenvalue weighted by molar-refractivity contribution is -0.118. The third kappa shape index (κ3) is 4.58. The lowest BCUT2D eigenvalue weighted by Gasteiger charge is -2.11. The summed E-state index contributed by atoms with van der Waals surface area (Å²) in [6.45, 7) is 4.20. The first kappa shape index (κ1) is 17.5. The zero-order valence-corrected chi connectivity index (χ0v) is 14.3. The molecule has 0 saturated heterocycles. The van der Waals surface area contributed by atoms with E-state index in [-0.39, 0.29) is 11.8 Å². The van der Waals surface area contributed by atoms with E-state index in [0.717, 1.165) is 5.56 Å². The molecule has 0 unspecified atom stereocenters. The van der Waals surface area contributed by atoms with Crippen LogP contribution in [0.1, 0.15) is 19.4 Å². The van der Waals surface area contributed by atoms with E-state index in [4.69, 9.17) is 9.47 Å². The van der Waals surface area contributed by atoms with Crippen LogP contribution < -0.4 is 20.1 Å². The molecule has 2 aromatic rings. The summed E-state index contributed by atoms with van der Waals surface area (Å²) in [5.41, 5.74) is 1.02. The largest absolute Gasteiger partial charge is 0.493 e. The molecule has 128 valence electrons. The molecule has 0 aliphatic heterocycles. The van der Waals surface area contributed by atoms with Gasteiger partial charge in [-0.3, -0.25) is 4.79 Å². The molecule has 0 bridgehead atoms. The number of amides is 1. The van der Waals surface area contributed by atoms with Crippen molar-refractivity contribution >= 4 is 17.5 Å².